The van der Waals surface area contributed by atoms with E-state index in [0.29, 0.717) is 17.0 Å². The van der Waals surface area contributed by atoms with E-state index in [4.69, 9.17) is 4.98 Å². The van der Waals surface area contributed by atoms with E-state index in [1.807, 2.05) is 6.92 Å². The number of aromatic nitrogens is 1. The molecule has 1 N–H and O–H groups in total. The van der Waals surface area contributed by atoms with Gasteiger partial charge in [0.05, 0.1) is 21.4 Å². The van der Waals surface area contributed by atoms with Gasteiger partial charge in [0.15, 0.2) is 0 Å². The first-order valence-electron chi connectivity index (χ1n) is 10.4. The molecule has 0 saturated heterocycles. The Bertz CT molecular complexity index is 1160. The number of aryl methyl sites for hydroxylation is 3. The lowest BCUT2D eigenvalue weighted by Crippen LogP contribution is -2.24. The lowest BCUT2D eigenvalue weighted by molar-refractivity contribution is -0.115. The number of nitrogens with one attached hydrogen (secondary N) is 1. The Morgan fingerprint density at radius 2 is 2.10 bits per heavy atom. The highest BCUT2D eigenvalue weighted by Gasteiger charge is 2.25. The van der Waals surface area contributed by atoms with E-state index in [-0.39, 0.29) is 11.2 Å². The van der Waals surface area contributed by atoms with E-state index in [0.717, 1.165) is 52.7 Å². The molecule has 1 aliphatic carbocycles. The maximum absolute atomic E-state index is 13.1. The van der Waals surface area contributed by atoms with E-state index in [9.17, 15) is 10.1 Å². The van der Waals surface area contributed by atoms with Gasteiger partial charge in [-0.15, -0.1) is 11.3 Å². The molecule has 6 heteroatoms. The van der Waals surface area contributed by atoms with Crippen LogP contribution in [-0.4, -0.2) is 16.1 Å². The zero-order valence-electron chi connectivity index (χ0n) is 17.5. The third kappa shape index (κ3) is 3.97. The van der Waals surface area contributed by atoms with Gasteiger partial charge in [-0.1, -0.05) is 36.9 Å². The predicted molar refractivity (Wildman–Crippen MR) is 125 cm³/mol. The van der Waals surface area contributed by atoms with Crippen molar-refractivity contribution in [1.82, 2.24) is 4.98 Å². The van der Waals surface area contributed by atoms with Crippen LogP contribution in [0.25, 0.3) is 10.9 Å². The van der Waals surface area contributed by atoms with Gasteiger partial charge in [0.25, 0.3) is 0 Å². The molecule has 3 aromatic rings. The summed E-state index contributed by atoms with van der Waals surface area (Å²) in [6.45, 7) is 6.17. The number of carbonyl (C=O) groups excluding carboxylic acids is 1. The van der Waals surface area contributed by atoms with Crippen molar-refractivity contribution in [2.75, 3.05) is 5.32 Å². The largest absolute Gasteiger partial charge is 0.316 e. The molecule has 154 valence electrons. The fraction of sp³-hybridized carbons (Fsp3) is 0.375. The van der Waals surface area contributed by atoms with Crippen LogP contribution in [0.5, 0.6) is 0 Å². The van der Waals surface area contributed by atoms with Crippen LogP contribution in [0.4, 0.5) is 5.00 Å². The van der Waals surface area contributed by atoms with Crippen LogP contribution in [0, 0.1) is 25.2 Å². The molecule has 1 amide bonds. The van der Waals surface area contributed by atoms with Gasteiger partial charge in [-0.3, -0.25) is 4.79 Å². The minimum atomic E-state index is -0.260. The molecule has 4 rings (SSSR count). The lowest BCUT2D eigenvalue weighted by Gasteiger charge is -2.15. The summed E-state index contributed by atoms with van der Waals surface area (Å²) in [4.78, 5) is 19.2. The Hall–Kier alpha value is -2.36. The van der Waals surface area contributed by atoms with Crippen LogP contribution in [0.1, 0.15) is 53.3 Å². The Labute approximate surface area is 185 Å². The van der Waals surface area contributed by atoms with Crippen molar-refractivity contribution >= 4 is 44.9 Å². The molecular formula is C24H25N3OS2. The summed E-state index contributed by atoms with van der Waals surface area (Å²) in [7, 11) is 0. The second-order valence-electron chi connectivity index (χ2n) is 7.78. The number of pyridine rings is 1. The second-order valence-corrected chi connectivity index (χ2v) is 10.1. The summed E-state index contributed by atoms with van der Waals surface area (Å²) in [6, 6.07) is 10.6. The first-order valence-corrected chi connectivity index (χ1v) is 12.1. The number of carbonyl (C=O) groups is 1. The predicted octanol–water partition coefficient (Wildman–Crippen LogP) is 6.17. The van der Waals surface area contributed by atoms with E-state index >= 15 is 0 Å². The van der Waals surface area contributed by atoms with E-state index in [1.54, 1.807) is 11.3 Å². The number of fused-ring (bicyclic) bond motifs is 2. The molecule has 1 unspecified atom stereocenters. The third-order valence-corrected chi connectivity index (χ3v) is 8.16. The highest BCUT2D eigenvalue weighted by molar-refractivity contribution is 8.00. The van der Waals surface area contributed by atoms with Crippen molar-refractivity contribution in [2.45, 2.75) is 63.2 Å². The van der Waals surface area contributed by atoms with E-state index in [2.05, 4.69) is 49.5 Å². The second kappa shape index (κ2) is 8.79. The highest BCUT2D eigenvalue weighted by Crippen LogP contribution is 2.38. The first-order chi connectivity index (χ1) is 14.5. The van der Waals surface area contributed by atoms with E-state index in [1.165, 1.54) is 22.2 Å². The summed E-state index contributed by atoms with van der Waals surface area (Å²) in [6.07, 6.45) is 4.92. The molecule has 0 radical (unpaired) electrons. The Morgan fingerprint density at radius 1 is 1.30 bits per heavy atom. The van der Waals surface area contributed by atoms with Crippen molar-refractivity contribution in [3.05, 3.63) is 51.4 Å². The van der Waals surface area contributed by atoms with Gasteiger partial charge in [0, 0.05) is 10.3 Å². The molecule has 0 spiro atoms. The standard InChI is InChI=1S/C24H25N3OS2/c1-4-19(29-21-12-15(3)16-10-7-8-14(2)22(16)26-21)23(28)27-24-18(13-25)17-9-5-6-11-20(17)30-24/h7-8,10,12,19H,4-6,9,11H2,1-3H3,(H,27,28). The number of nitrogens with zero attached hydrogens (tertiary/aromatic N) is 2. The number of para-hydroxylation sites is 1. The summed E-state index contributed by atoms with van der Waals surface area (Å²) in [5.74, 6) is -0.0538. The topological polar surface area (TPSA) is 65.8 Å². The average molecular weight is 436 g/mol. The molecule has 2 heterocycles. The van der Waals surface area contributed by atoms with Crippen molar-refractivity contribution in [1.29, 1.82) is 5.26 Å². The Kier molecular flexibility index (Phi) is 6.12. The van der Waals surface area contributed by atoms with Crippen LogP contribution in [-0.2, 0) is 17.6 Å². The van der Waals surface area contributed by atoms with Crippen molar-refractivity contribution in [2.24, 2.45) is 0 Å². The molecule has 30 heavy (non-hydrogen) atoms. The first kappa shape index (κ1) is 20.9. The molecule has 2 aromatic heterocycles. The minimum absolute atomic E-state index is 0.0538. The molecule has 0 aliphatic heterocycles. The number of hydrogen-bond donors (Lipinski definition) is 1. The molecule has 4 nitrogen and oxygen atoms in total. The molecule has 1 atom stereocenters. The monoisotopic (exact) mass is 435 g/mol. The number of nitriles is 1. The number of amides is 1. The SMILES string of the molecule is CCC(Sc1cc(C)c2cccc(C)c2n1)C(=O)Nc1sc2c(c1C#N)CCCC2. The van der Waals surface area contributed by atoms with Crippen LogP contribution in [0.3, 0.4) is 0 Å². The van der Waals surface area contributed by atoms with Crippen LogP contribution >= 0.6 is 23.1 Å². The molecule has 0 bridgehead atoms. The zero-order chi connectivity index (χ0) is 21.3. The van der Waals surface area contributed by atoms with Crippen molar-refractivity contribution in [3.8, 4) is 6.07 Å². The zero-order valence-corrected chi connectivity index (χ0v) is 19.2. The Morgan fingerprint density at radius 3 is 2.87 bits per heavy atom. The number of thioether (sulfide) groups is 1. The van der Waals surface area contributed by atoms with Crippen molar-refractivity contribution < 1.29 is 4.79 Å². The maximum atomic E-state index is 13.1. The van der Waals surface area contributed by atoms with Gasteiger partial charge < -0.3 is 5.32 Å². The fourth-order valence-electron chi connectivity index (χ4n) is 4.02. The van der Waals surface area contributed by atoms with Gasteiger partial charge in [0.2, 0.25) is 5.91 Å². The maximum Gasteiger partial charge on any atom is 0.238 e. The summed E-state index contributed by atoms with van der Waals surface area (Å²) >= 11 is 3.08. The number of anilines is 1. The van der Waals surface area contributed by atoms with Gasteiger partial charge in [0.1, 0.15) is 11.1 Å². The fourth-order valence-corrected chi connectivity index (χ4v) is 6.28. The molecule has 1 aromatic carbocycles. The number of thiophene rings is 1. The smallest absolute Gasteiger partial charge is 0.238 e. The average Bonchev–Trinajstić information content (AvgIpc) is 3.09. The number of hydrogen-bond acceptors (Lipinski definition) is 5. The summed E-state index contributed by atoms with van der Waals surface area (Å²) < 4.78 is 0. The van der Waals surface area contributed by atoms with Gasteiger partial charge in [-0.2, -0.15) is 5.26 Å². The number of rotatable bonds is 5. The number of benzene rings is 1. The summed E-state index contributed by atoms with van der Waals surface area (Å²) in [5.41, 5.74) is 5.11. The van der Waals surface area contributed by atoms with Crippen LogP contribution in [0.2, 0.25) is 0 Å². The molecular weight excluding hydrogens is 410 g/mol. The highest BCUT2D eigenvalue weighted by atomic mass is 32.2. The molecule has 0 fully saturated rings. The van der Waals surface area contributed by atoms with Gasteiger partial charge in [-0.05, 0) is 68.7 Å². The van der Waals surface area contributed by atoms with E-state index < -0.39 is 0 Å². The summed E-state index contributed by atoms with van der Waals surface area (Å²) in [5, 5.41) is 15.2. The Balaban J connectivity index is 1.57. The van der Waals surface area contributed by atoms with Gasteiger partial charge >= 0.3 is 0 Å². The van der Waals surface area contributed by atoms with Crippen LogP contribution < -0.4 is 5.32 Å². The quantitative estimate of drug-likeness (QED) is 0.487. The normalized spacial score (nSPS) is 14.2. The van der Waals surface area contributed by atoms with Crippen molar-refractivity contribution in [3.63, 3.8) is 0 Å². The third-order valence-electron chi connectivity index (χ3n) is 5.67. The minimum Gasteiger partial charge on any atom is -0.316 e. The van der Waals surface area contributed by atoms with Crippen LogP contribution in [0.15, 0.2) is 29.3 Å². The molecule has 0 saturated carbocycles. The van der Waals surface area contributed by atoms with Gasteiger partial charge in [-0.25, -0.2) is 4.98 Å². The molecule has 1 aliphatic rings. The lowest BCUT2D eigenvalue weighted by atomic mass is 9.96.